The first-order chi connectivity index (χ1) is 20.9. The van der Waals surface area contributed by atoms with Crippen molar-refractivity contribution in [3.63, 3.8) is 0 Å². The van der Waals surface area contributed by atoms with Crippen LogP contribution in [0.2, 0.25) is 0 Å². The molecule has 0 nitrogen and oxygen atoms in total. The van der Waals surface area contributed by atoms with E-state index < -0.39 is 23.2 Å². The average molecular weight is 595 g/mol. The third kappa shape index (κ3) is 2.84. The van der Waals surface area contributed by atoms with Gasteiger partial charge in [-0.1, -0.05) is 72.9 Å². The van der Waals surface area contributed by atoms with Gasteiger partial charge in [-0.15, -0.1) is 0 Å². The van der Waals surface area contributed by atoms with Crippen LogP contribution in [0.1, 0.15) is 47.2 Å². The summed E-state index contributed by atoms with van der Waals surface area (Å²) in [4.78, 5) is 0. The summed E-state index contributed by atoms with van der Waals surface area (Å²) in [5, 5.41) is 1.74. The quantitative estimate of drug-likeness (QED) is 0.157. The van der Waals surface area contributed by atoms with Gasteiger partial charge in [0.05, 0.1) is 0 Å². The van der Waals surface area contributed by atoms with Gasteiger partial charge >= 0.3 is 12.4 Å². The summed E-state index contributed by atoms with van der Waals surface area (Å²) in [6.45, 7) is 2.12. The van der Waals surface area contributed by atoms with Crippen molar-refractivity contribution in [3.05, 3.63) is 131 Å². The molecule has 0 heterocycles. The van der Waals surface area contributed by atoms with E-state index >= 15 is 26.3 Å². The molecule has 0 aromatic heterocycles. The molecule has 6 heteroatoms. The number of hydrogen-bond acceptors (Lipinski definition) is 0. The number of rotatable bonds is 0. The second kappa shape index (κ2) is 7.84. The molecule has 5 aliphatic carbocycles. The average Bonchev–Trinajstić information content (AvgIpc) is 3.48. The molecule has 5 aliphatic rings. The lowest BCUT2D eigenvalue weighted by molar-refractivity contribution is -0.188. The molecular formula is C38H24F6. The standard InChI is InChI=1S/C38H24F6/c1-35(37(39,40)41)29-15-25-21-11-3-7-19-9-5-13-23(33(19)21)27(25)17-31(29)36(2,38(42,43)44)32-18-28-24-14-6-10-20-8-4-12-22(34(20)24)26(28)16-30(32)35/h3-19,33H,1-2H3. The third-order valence-electron chi connectivity index (χ3n) is 11.0. The van der Waals surface area contributed by atoms with Crippen LogP contribution >= 0.6 is 0 Å². The zero-order chi connectivity index (χ0) is 30.6. The highest BCUT2D eigenvalue weighted by molar-refractivity contribution is 6.15. The molecule has 0 fully saturated rings. The van der Waals surface area contributed by atoms with E-state index in [4.69, 9.17) is 0 Å². The van der Waals surface area contributed by atoms with Crippen molar-refractivity contribution in [2.75, 3.05) is 0 Å². The Morgan fingerprint density at radius 1 is 0.545 bits per heavy atom. The highest BCUT2D eigenvalue weighted by atomic mass is 19.4. The highest BCUT2D eigenvalue weighted by Gasteiger charge is 2.66. The first-order valence-corrected chi connectivity index (χ1v) is 14.7. The minimum Gasteiger partial charge on any atom is -0.170 e. The molecule has 0 radical (unpaired) electrons. The number of halogens is 6. The maximum atomic E-state index is 15.6. The lowest BCUT2D eigenvalue weighted by atomic mass is 9.57. The minimum atomic E-state index is -4.88. The van der Waals surface area contributed by atoms with Gasteiger partial charge in [0.1, 0.15) is 10.8 Å². The van der Waals surface area contributed by atoms with Crippen molar-refractivity contribution in [2.45, 2.75) is 37.0 Å². The first-order valence-electron chi connectivity index (χ1n) is 14.7. The van der Waals surface area contributed by atoms with Crippen molar-refractivity contribution >= 4 is 21.9 Å². The van der Waals surface area contributed by atoms with E-state index in [1.54, 1.807) is 0 Å². The lowest BCUT2D eigenvalue weighted by Gasteiger charge is -2.48. The molecule has 9 rings (SSSR count). The molecule has 4 aromatic carbocycles. The van der Waals surface area contributed by atoms with Crippen molar-refractivity contribution < 1.29 is 26.3 Å². The minimum absolute atomic E-state index is 0.00498. The summed E-state index contributed by atoms with van der Waals surface area (Å²) >= 11 is 0. The van der Waals surface area contributed by atoms with Gasteiger partial charge < -0.3 is 0 Å². The van der Waals surface area contributed by atoms with Crippen LogP contribution in [-0.4, -0.2) is 12.4 Å². The molecule has 0 bridgehead atoms. The predicted octanol–water partition coefficient (Wildman–Crippen LogP) is 10.7. The molecule has 0 saturated heterocycles. The molecule has 218 valence electrons. The largest absolute Gasteiger partial charge is 0.402 e. The fourth-order valence-electron chi connectivity index (χ4n) is 8.63. The second-order valence-electron chi connectivity index (χ2n) is 12.9. The number of benzene rings is 4. The number of alkyl halides is 6. The monoisotopic (exact) mass is 594 g/mol. The van der Waals surface area contributed by atoms with Crippen LogP contribution in [0.4, 0.5) is 26.3 Å². The first kappa shape index (κ1) is 26.1. The van der Waals surface area contributed by atoms with E-state index in [2.05, 4.69) is 0 Å². The topological polar surface area (TPSA) is 0 Å². The van der Waals surface area contributed by atoms with Gasteiger partial charge in [-0.2, -0.15) is 26.3 Å². The lowest BCUT2D eigenvalue weighted by Crippen LogP contribution is -2.53. The van der Waals surface area contributed by atoms with Gasteiger partial charge in [0.2, 0.25) is 0 Å². The predicted molar refractivity (Wildman–Crippen MR) is 161 cm³/mol. The number of fused-ring (bicyclic) bond motifs is 8. The van der Waals surface area contributed by atoms with E-state index in [1.807, 2.05) is 72.9 Å². The van der Waals surface area contributed by atoms with Gasteiger partial charge in [-0.25, -0.2) is 0 Å². The molecule has 0 amide bonds. The van der Waals surface area contributed by atoms with Gasteiger partial charge in [-0.3, -0.25) is 0 Å². The molecule has 2 atom stereocenters. The number of hydrogen-bond donors (Lipinski definition) is 0. The second-order valence-corrected chi connectivity index (χ2v) is 12.9. The smallest absolute Gasteiger partial charge is 0.170 e. The van der Waals surface area contributed by atoms with Crippen molar-refractivity contribution in [1.29, 1.82) is 0 Å². The molecule has 0 N–H and O–H groups in total. The fraction of sp³-hybridized carbons (Fsp3) is 0.211. The van der Waals surface area contributed by atoms with Crippen molar-refractivity contribution in [2.24, 2.45) is 11.8 Å². The molecular weight excluding hydrogens is 570 g/mol. The zero-order valence-electron chi connectivity index (χ0n) is 23.7. The SMILES string of the molecule is CC1(C(F)(F)F)c2cc3c(cc2C(C)(C(F)(F)F)c2cc4c(cc21)-c1cccc2cccc-4c12)C1=CC=CC2C=CC=C3C12. The third-order valence-corrected chi connectivity index (χ3v) is 11.0. The van der Waals surface area contributed by atoms with Gasteiger partial charge in [-0.05, 0) is 116 Å². The Bertz CT molecular complexity index is 1990. The molecule has 0 spiro atoms. The Morgan fingerprint density at radius 2 is 0.955 bits per heavy atom. The normalized spacial score (nSPS) is 26.9. The number of allylic oxidation sites excluding steroid dienone is 8. The summed E-state index contributed by atoms with van der Waals surface area (Å²) in [6.07, 6.45) is 1.86. The van der Waals surface area contributed by atoms with Crippen LogP contribution in [0.3, 0.4) is 0 Å². The van der Waals surface area contributed by atoms with Crippen LogP contribution in [0.25, 0.3) is 44.2 Å². The summed E-state index contributed by atoms with van der Waals surface area (Å²) in [5.74, 6) is -0.119. The highest BCUT2D eigenvalue weighted by Crippen LogP contribution is 2.64. The zero-order valence-corrected chi connectivity index (χ0v) is 23.7. The Morgan fingerprint density at radius 3 is 1.36 bits per heavy atom. The van der Waals surface area contributed by atoms with E-state index in [-0.39, 0.29) is 34.1 Å². The summed E-state index contributed by atoms with van der Waals surface area (Å²) in [6, 6.07) is 16.8. The van der Waals surface area contributed by atoms with Crippen molar-refractivity contribution in [3.8, 4) is 22.3 Å². The van der Waals surface area contributed by atoms with Crippen LogP contribution in [0.15, 0.2) is 97.1 Å². The Kier molecular flexibility index (Phi) is 4.65. The van der Waals surface area contributed by atoms with E-state index in [0.717, 1.165) is 46.9 Å². The summed E-state index contributed by atoms with van der Waals surface area (Å²) in [5.41, 5.74) is -1.29. The maximum Gasteiger partial charge on any atom is 0.402 e. The maximum absolute atomic E-state index is 15.6. The molecule has 0 aliphatic heterocycles. The van der Waals surface area contributed by atoms with Crippen LogP contribution in [0, 0.1) is 11.8 Å². The summed E-state index contributed by atoms with van der Waals surface area (Å²) < 4.78 is 93.9. The molecule has 44 heavy (non-hydrogen) atoms. The van der Waals surface area contributed by atoms with Crippen LogP contribution < -0.4 is 0 Å². The van der Waals surface area contributed by atoms with E-state index in [0.29, 0.717) is 22.3 Å². The molecule has 0 saturated carbocycles. The van der Waals surface area contributed by atoms with Crippen LogP contribution in [0.5, 0.6) is 0 Å². The summed E-state index contributed by atoms with van der Waals surface area (Å²) in [7, 11) is 0. The van der Waals surface area contributed by atoms with Gasteiger partial charge in [0.25, 0.3) is 0 Å². The van der Waals surface area contributed by atoms with Gasteiger partial charge in [0.15, 0.2) is 0 Å². The Balaban J connectivity index is 1.42. The van der Waals surface area contributed by atoms with Crippen LogP contribution in [-0.2, 0) is 10.8 Å². The van der Waals surface area contributed by atoms with E-state index in [9.17, 15) is 0 Å². The van der Waals surface area contributed by atoms with E-state index in [1.165, 1.54) is 24.3 Å². The molecule has 4 aromatic rings. The fourth-order valence-corrected chi connectivity index (χ4v) is 8.63. The Hall–Kier alpha value is -4.32. The van der Waals surface area contributed by atoms with Gasteiger partial charge in [0, 0.05) is 11.8 Å². The molecule has 2 unspecified atom stereocenters. The van der Waals surface area contributed by atoms with Crippen molar-refractivity contribution in [1.82, 2.24) is 0 Å². The Labute approximate surface area is 249 Å².